The van der Waals surface area contributed by atoms with Gasteiger partial charge in [-0.2, -0.15) is 0 Å². The zero-order chi connectivity index (χ0) is 14.5. The quantitative estimate of drug-likeness (QED) is 0.507. The molecule has 0 fully saturated rings. The molecule has 0 unspecified atom stereocenters. The first-order valence-corrected chi connectivity index (χ1v) is 7.15. The molecule has 1 aromatic carbocycles. The zero-order valence-electron chi connectivity index (χ0n) is 10.3. The van der Waals surface area contributed by atoms with E-state index in [9.17, 15) is 18.3 Å². The van der Waals surface area contributed by atoms with Gasteiger partial charge in [0.05, 0.1) is 23.6 Å². The fraction of sp³-hybridized carbons (Fsp3) is 0.364. The summed E-state index contributed by atoms with van der Waals surface area (Å²) in [6.45, 7) is 2.16. The van der Waals surface area contributed by atoms with Crippen molar-refractivity contribution >= 4 is 21.7 Å². The number of nitrogens with one attached hydrogen (secondary N) is 1. The molecule has 0 aromatic heterocycles. The molecule has 0 aliphatic rings. The molecule has 8 heteroatoms. The topological polar surface area (TPSA) is 113 Å². The minimum absolute atomic E-state index is 0.0191. The van der Waals surface area contributed by atoms with E-state index in [-0.39, 0.29) is 29.4 Å². The van der Waals surface area contributed by atoms with Gasteiger partial charge in [0, 0.05) is 6.61 Å². The Labute approximate surface area is 110 Å². The van der Waals surface area contributed by atoms with Gasteiger partial charge in [0.1, 0.15) is 5.75 Å². The van der Waals surface area contributed by atoms with Gasteiger partial charge in [0.25, 0.3) is 0 Å². The van der Waals surface area contributed by atoms with E-state index in [2.05, 4.69) is 4.72 Å². The van der Waals surface area contributed by atoms with Crippen molar-refractivity contribution in [3.8, 4) is 5.75 Å². The predicted octanol–water partition coefficient (Wildman–Crippen LogP) is 0.869. The van der Waals surface area contributed by atoms with Crippen LogP contribution in [0.4, 0.5) is 5.69 Å². The Morgan fingerprint density at radius 3 is 2.68 bits per heavy atom. The Kier molecular flexibility index (Phi) is 5.13. The third-order valence-corrected chi connectivity index (χ3v) is 3.44. The summed E-state index contributed by atoms with van der Waals surface area (Å²) >= 11 is 0. The van der Waals surface area contributed by atoms with Gasteiger partial charge in [-0.1, -0.05) is 0 Å². The van der Waals surface area contributed by atoms with Crippen LogP contribution >= 0.6 is 0 Å². The first-order valence-electron chi connectivity index (χ1n) is 5.50. The van der Waals surface area contributed by atoms with Crippen LogP contribution in [0.1, 0.15) is 17.3 Å². The molecule has 106 valence electrons. The fourth-order valence-electron chi connectivity index (χ4n) is 1.28. The van der Waals surface area contributed by atoms with Crippen molar-refractivity contribution in [2.45, 2.75) is 6.92 Å². The molecule has 0 saturated heterocycles. The Morgan fingerprint density at radius 2 is 2.11 bits per heavy atom. The highest BCUT2D eigenvalue weighted by molar-refractivity contribution is 7.92. The SMILES string of the molecule is CCOCCS(=O)(=O)Nc1cc(C(=O)O)ccc1O. The monoisotopic (exact) mass is 289 g/mol. The van der Waals surface area contributed by atoms with Gasteiger partial charge in [0.15, 0.2) is 0 Å². The Hall–Kier alpha value is -1.80. The molecule has 0 aliphatic carbocycles. The van der Waals surface area contributed by atoms with E-state index in [1.807, 2.05) is 0 Å². The molecule has 0 aliphatic heterocycles. The smallest absolute Gasteiger partial charge is 0.335 e. The van der Waals surface area contributed by atoms with Gasteiger partial charge in [-0.3, -0.25) is 4.72 Å². The van der Waals surface area contributed by atoms with E-state index < -0.39 is 16.0 Å². The van der Waals surface area contributed by atoms with Crippen LogP contribution in [0, 0.1) is 0 Å². The van der Waals surface area contributed by atoms with Crippen LogP contribution in [-0.2, 0) is 14.8 Å². The van der Waals surface area contributed by atoms with Crippen LogP contribution < -0.4 is 4.72 Å². The van der Waals surface area contributed by atoms with Gasteiger partial charge < -0.3 is 14.9 Å². The lowest BCUT2D eigenvalue weighted by Gasteiger charge is -2.10. The van der Waals surface area contributed by atoms with Crippen LogP contribution in [0.2, 0.25) is 0 Å². The molecule has 0 atom stereocenters. The van der Waals surface area contributed by atoms with Gasteiger partial charge >= 0.3 is 5.97 Å². The lowest BCUT2D eigenvalue weighted by atomic mass is 10.2. The zero-order valence-corrected chi connectivity index (χ0v) is 11.1. The third-order valence-electron chi connectivity index (χ3n) is 2.21. The summed E-state index contributed by atoms with van der Waals surface area (Å²) in [5, 5.41) is 18.3. The highest BCUT2D eigenvalue weighted by atomic mass is 32.2. The van der Waals surface area contributed by atoms with E-state index in [4.69, 9.17) is 9.84 Å². The number of rotatable bonds is 7. The maximum absolute atomic E-state index is 11.7. The van der Waals surface area contributed by atoms with Crippen molar-refractivity contribution in [2.24, 2.45) is 0 Å². The minimum Gasteiger partial charge on any atom is -0.506 e. The van der Waals surface area contributed by atoms with Gasteiger partial charge in [-0.05, 0) is 25.1 Å². The van der Waals surface area contributed by atoms with Crippen LogP contribution in [0.25, 0.3) is 0 Å². The molecule has 19 heavy (non-hydrogen) atoms. The minimum atomic E-state index is -3.70. The van der Waals surface area contributed by atoms with Crippen LogP contribution in [0.15, 0.2) is 18.2 Å². The summed E-state index contributed by atoms with van der Waals surface area (Å²) in [7, 11) is -3.70. The maximum Gasteiger partial charge on any atom is 0.335 e. The Balaban J connectivity index is 2.86. The molecule has 0 saturated carbocycles. The molecule has 1 aromatic rings. The molecular formula is C11H15NO6S. The average Bonchev–Trinajstić information content (AvgIpc) is 2.31. The number of aromatic carboxylic acids is 1. The van der Waals surface area contributed by atoms with Crippen molar-refractivity contribution in [1.29, 1.82) is 0 Å². The van der Waals surface area contributed by atoms with Crippen molar-refractivity contribution < 1.29 is 28.2 Å². The lowest BCUT2D eigenvalue weighted by molar-refractivity contribution is 0.0697. The Morgan fingerprint density at radius 1 is 1.42 bits per heavy atom. The number of benzene rings is 1. The summed E-state index contributed by atoms with van der Waals surface area (Å²) in [5.74, 6) is -1.84. The number of ether oxygens (including phenoxy) is 1. The summed E-state index contributed by atoms with van der Waals surface area (Å²) < 4.78 is 30.4. The highest BCUT2D eigenvalue weighted by Gasteiger charge is 2.14. The molecule has 0 spiro atoms. The molecule has 1 rings (SSSR count). The van der Waals surface area contributed by atoms with Gasteiger partial charge in [0.2, 0.25) is 10.0 Å². The summed E-state index contributed by atoms with van der Waals surface area (Å²) in [5.41, 5.74) is -0.295. The molecule has 0 radical (unpaired) electrons. The first kappa shape index (κ1) is 15.3. The van der Waals surface area contributed by atoms with Gasteiger partial charge in [-0.15, -0.1) is 0 Å². The molecular weight excluding hydrogens is 274 g/mol. The largest absolute Gasteiger partial charge is 0.506 e. The normalized spacial score (nSPS) is 11.2. The number of carbonyl (C=O) groups is 1. The van der Waals surface area contributed by atoms with Crippen molar-refractivity contribution in [3.63, 3.8) is 0 Å². The van der Waals surface area contributed by atoms with E-state index in [1.165, 1.54) is 6.07 Å². The van der Waals surface area contributed by atoms with Crippen LogP contribution in [-0.4, -0.2) is 43.6 Å². The van der Waals surface area contributed by atoms with Crippen molar-refractivity contribution in [3.05, 3.63) is 23.8 Å². The fourth-order valence-corrected chi connectivity index (χ4v) is 2.22. The number of hydrogen-bond donors (Lipinski definition) is 3. The summed E-state index contributed by atoms with van der Waals surface area (Å²) in [6, 6.07) is 3.34. The average molecular weight is 289 g/mol. The second-order valence-corrected chi connectivity index (χ2v) is 5.50. The number of phenols is 1. The van der Waals surface area contributed by atoms with Gasteiger partial charge in [-0.25, -0.2) is 13.2 Å². The van der Waals surface area contributed by atoms with Crippen molar-refractivity contribution in [1.82, 2.24) is 0 Å². The predicted molar refractivity (Wildman–Crippen MR) is 69.0 cm³/mol. The lowest BCUT2D eigenvalue weighted by Crippen LogP contribution is -2.20. The van der Waals surface area contributed by atoms with Crippen LogP contribution in [0.5, 0.6) is 5.75 Å². The number of sulfonamides is 1. The Bertz CT molecular complexity index is 554. The van der Waals surface area contributed by atoms with Crippen LogP contribution in [0.3, 0.4) is 0 Å². The molecule has 3 N–H and O–H groups in total. The number of carboxylic acids is 1. The van der Waals surface area contributed by atoms with Crippen molar-refractivity contribution in [2.75, 3.05) is 23.7 Å². The second kappa shape index (κ2) is 6.39. The maximum atomic E-state index is 11.7. The van der Waals surface area contributed by atoms with E-state index >= 15 is 0 Å². The third kappa shape index (κ3) is 4.76. The molecule has 7 nitrogen and oxygen atoms in total. The second-order valence-electron chi connectivity index (χ2n) is 3.65. The van der Waals surface area contributed by atoms with E-state index in [1.54, 1.807) is 6.92 Å². The van der Waals surface area contributed by atoms with E-state index in [0.717, 1.165) is 12.1 Å². The number of anilines is 1. The summed E-state index contributed by atoms with van der Waals surface area (Å²) in [4.78, 5) is 10.8. The van der Waals surface area contributed by atoms with E-state index in [0.29, 0.717) is 6.61 Å². The highest BCUT2D eigenvalue weighted by Crippen LogP contribution is 2.25. The summed E-state index contributed by atoms with van der Waals surface area (Å²) in [6.07, 6.45) is 0. The number of aromatic hydroxyl groups is 1. The molecule has 0 heterocycles. The first-order chi connectivity index (χ1) is 8.85. The number of phenolic OH excluding ortho intramolecular Hbond substituents is 1. The number of hydrogen-bond acceptors (Lipinski definition) is 5. The molecule has 0 amide bonds. The standard InChI is InChI=1S/C11H15NO6S/c1-2-18-5-6-19(16,17)12-9-7-8(11(14)15)3-4-10(9)13/h3-4,7,12-13H,2,5-6H2,1H3,(H,14,15). The molecule has 0 bridgehead atoms. The number of carboxylic acid groups (broad SMARTS) is 1.